The second-order valence-corrected chi connectivity index (χ2v) is 32.3. The zero-order chi connectivity index (χ0) is 65.0. The molecular weight excluding hydrogens is 1100 g/mol. The van der Waals surface area contributed by atoms with E-state index in [9.17, 15) is 39.6 Å². The van der Waals surface area contributed by atoms with Gasteiger partial charge in [-0.25, -0.2) is 0 Å². The van der Waals surface area contributed by atoms with Crippen molar-refractivity contribution in [2.24, 2.45) is 5.41 Å². The lowest BCUT2D eigenvalue weighted by Gasteiger charge is -2.32. The molecule has 12 nitrogen and oxygen atoms in total. The minimum absolute atomic E-state index is 0. The minimum Gasteiger partial charge on any atom is -0.507 e. The molecule has 0 saturated carbocycles. The van der Waals surface area contributed by atoms with Gasteiger partial charge in [0, 0.05) is 39.2 Å². The Morgan fingerprint density at radius 1 is 0.279 bits per heavy atom. The topological polar surface area (TPSA) is 186 Å². The molecule has 0 atom stereocenters. The maximum atomic E-state index is 14.1. The number of ether oxygens (including phenoxy) is 4. The molecule has 478 valence electrons. The van der Waals surface area contributed by atoms with Crippen LogP contribution < -0.4 is 0 Å². The van der Waals surface area contributed by atoms with Crippen molar-refractivity contribution < 1.29 is 58.6 Å². The van der Waals surface area contributed by atoms with Gasteiger partial charge in [-0.05, 0) is 136 Å². The summed E-state index contributed by atoms with van der Waals surface area (Å²) >= 11 is 0. The van der Waals surface area contributed by atoms with Crippen LogP contribution in [0.15, 0.2) is 48.5 Å². The summed E-state index contributed by atoms with van der Waals surface area (Å²) in [6.45, 7) is 46.7. The maximum Gasteiger partial charge on any atom is 0.306 e. The Balaban J connectivity index is 0.0000194. The fraction of sp³-hybridized carbons (Fsp3) is 0.616. The average Bonchev–Trinajstić information content (AvgIpc) is 1.09. The highest BCUT2D eigenvalue weighted by atomic mass is 32.1. The fourth-order valence-electron chi connectivity index (χ4n) is 10.4. The highest BCUT2D eigenvalue weighted by Gasteiger charge is 2.39. The van der Waals surface area contributed by atoms with E-state index in [-0.39, 0.29) is 87.9 Å². The van der Waals surface area contributed by atoms with Crippen LogP contribution >= 0.6 is 13.5 Å². The standard InChI is InChI=1S/C73H108O12.S/c1-65(2,3)49-33-45(34-50(61(49)78)66(4,5)6)25-29-57(74)82-41-73(42-83-58(75)30-26-46-35-51(67(7,8)9)62(79)52(36-46)68(10,11)12,43-84-59(76)31-27-47-37-53(69(13,14)15)63(80)54(38-47)70(16,17)18)44-85-60(77)32-28-48-39-55(71(19,20)21)64(81)56(40-48)72(22,23)24;/h33-40,78-81H,25-32,41-44H2,1-24H3;. The zero-order valence-corrected chi connectivity index (χ0v) is 57.9. The second-order valence-electron chi connectivity index (χ2n) is 32.3. The lowest BCUT2D eigenvalue weighted by molar-refractivity contribution is -0.170. The molecule has 86 heavy (non-hydrogen) atoms. The molecule has 0 saturated heterocycles. The average molecular weight is 1210 g/mol. The Labute approximate surface area is 524 Å². The van der Waals surface area contributed by atoms with E-state index in [0.29, 0.717) is 0 Å². The van der Waals surface area contributed by atoms with Crippen molar-refractivity contribution in [3.63, 3.8) is 0 Å². The molecule has 0 aromatic heterocycles. The van der Waals surface area contributed by atoms with E-state index in [2.05, 4.69) is 0 Å². The number of rotatable bonds is 20. The van der Waals surface area contributed by atoms with Gasteiger partial charge in [-0.3, -0.25) is 19.2 Å². The van der Waals surface area contributed by atoms with Crippen LogP contribution in [0.1, 0.15) is 259 Å². The summed E-state index contributed by atoms with van der Waals surface area (Å²) in [7, 11) is 0. The molecule has 0 heterocycles. The molecule has 0 fully saturated rings. The molecule has 4 aromatic rings. The first kappa shape index (κ1) is 74.6. The Hall–Kier alpha value is -5.69. The molecule has 0 amide bonds. The van der Waals surface area contributed by atoms with Crippen molar-refractivity contribution in [2.75, 3.05) is 26.4 Å². The predicted molar refractivity (Wildman–Crippen MR) is 349 cm³/mol. The Morgan fingerprint density at radius 2 is 0.407 bits per heavy atom. The smallest absolute Gasteiger partial charge is 0.306 e. The molecular formula is C73H108O12S. The van der Waals surface area contributed by atoms with Gasteiger partial charge < -0.3 is 39.4 Å². The first-order valence-corrected chi connectivity index (χ1v) is 30.5. The van der Waals surface area contributed by atoms with E-state index < -0.39 is 99.0 Å². The third kappa shape index (κ3) is 20.7. The molecule has 4 rings (SSSR count). The minimum atomic E-state index is -1.58. The van der Waals surface area contributed by atoms with E-state index in [1.165, 1.54) is 0 Å². The molecule has 0 aliphatic carbocycles. The van der Waals surface area contributed by atoms with E-state index in [1.807, 2.05) is 215 Å². The number of hydrogen-bond donors (Lipinski definition) is 4. The van der Waals surface area contributed by atoms with Gasteiger partial charge in [0.15, 0.2) is 0 Å². The summed E-state index contributed by atoms with van der Waals surface area (Å²) in [5.41, 5.74) is 4.62. The van der Waals surface area contributed by atoms with Crippen LogP contribution in [-0.2, 0) is 107 Å². The third-order valence-electron chi connectivity index (χ3n) is 15.8. The first-order chi connectivity index (χ1) is 38.4. The molecule has 4 N–H and O–H groups in total. The monoisotopic (exact) mass is 1210 g/mol. The van der Waals surface area contributed by atoms with Crippen molar-refractivity contribution in [3.05, 3.63) is 115 Å². The third-order valence-corrected chi connectivity index (χ3v) is 15.8. The summed E-state index contributed by atoms with van der Waals surface area (Å²) in [4.78, 5) is 56.4. The Morgan fingerprint density at radius 3 is 0.523 bits per heavy atom. The Kier molecular flexibility index (Phi) is 24.1. The molecule has 4 aromatic carbocycles. The van der Waals surface area contributed by atoms with Crippen LogP contribution in [0.5, 0.6) is 23.0 Å². The number of hydrogen-bond acceptors (Lipinski definition) is 12. The zero-order valence-electron chi connectivity index (χ0n) is 57.1. The summed E-state index contributed by atoms with van der Waals surface area (Å²) in [5, 5.41) is 45.7. The number of aryl methyl sites for hydroxylation is 4. The van der Waals surface area contributed by atoms with Crippen LogP contribution in [0, 0.1) is 5.41 Å². The first-order valence-electron chi connectivity index (χ1n) is 30.5. The largest absolute Gasteiger partial charge is 0.507 e. The Bertz CT molecular complexity index is 2480. The quantitative estimate of drug-likeness (QED) is 0.0485. The molecule has 0 aliphatic rings. The molecule has 0 bridgehead atoms. The maximum absolute atomic E-state index is 14.1. The number of benzene rings is 4. The molecule has 13 heteroatoms. The summed E-state index contributed by atoms with van der Waals surface area (Å²) in [6, 6.07) is 15.4. The van der Waals surface area contributed by atoms with E-state index in [1.54, 1.807) is 0 Å². The number of carbonyl (C=O) groups excluding carboxylic acids is 4. The molecule has 2 radical (unpaired) electrons. The number of phenols is 4. The van der Waals surface area contributed by atoms with Crippen molar-refractivity contribution >= 4 is 37.4 Å². The highest BCUT2D eigenvalue weighted by molar-refractivity contribution is 7.59. The van der Waals surface area contributed by atoms with Crippen molar-refractivity contribution in [1.82, 2.24) is 0 Å². The molecule has 0 unspecified atom stereocenters. The van der Waals surface area contributed by atoms with Crippen LogP contribution in [0.3, 0.4) is 0 Å². The molecule has 0 spiro atoms. The SMILES string of the molecule is CC(C)(C)c1cc(CCC(=O)OCC(COC(=O)CCc2cc(C(C)(C)C)c(O)c(C(C)(C)C)c2)(COC(=O)CCc2cc(C(C)(C)C)c(O)c(C(C)(C)C)c2)COC(=O)CCc2cc(C(C)(C)C)c(O)c(C(C)(C)C)c2)cc(C(C)(C)C)c1O.[S]. The van der Waals surface area contributed by atoms with E-state index >= 15 is 0 Å². The number of esters is 4. The van der Waals surface area contributed by atoms with Gasteiger partial charge in [0.25, 0.3) is 0 Å². The molecule has 0 aliphatic heterocycles. The van der Waals surface area contributed by atoms with Gasteiger partial charge in [0.2, 0.25) is 0 Å². The fourth-order valence-corrected chi connectivity index (χ4v) is 10.4. The number of carbonyl (C=O) groups is 4. The van der Waals surface area contributed by atoms with Crippen LogP contribution in [-0.4, -0.2) is 70.7 Å². The second kappa shape index (κ2) is 27.8. The summed E-state index contributed by atoms with van der Waals surface area (Å²) in [5.74, 6) is -1.49. The predicted octanol–water partition coefficient (Wildman–Crippen LogP) is 16.5. The van der Waals surface area contributed by atoms with Crippen molar-refractivity contribution in [3.8, 4) is 23.0 Å². The lowest BCUT2D eigenvalue weighted by Crippen LogP contribution is -2.44. The number of phenolic OH excluding ortho intramolecular Hbond substituents is 4. The van der Waals surface area contributed by atoms with Gasteiger partial charge in [-0.1, -0.05) is 215 Å². The number of aromatic hydroxyl groups is 4. The van der Waals surface area contributed by atoms with Gasteiger partial charge in [0.1, 0.15) is 54.8 Å². The van der Waals surface area contributed by atoms with Crippen LogP contribution in [0.25, 0.3) is 0 Å². The highest BCUT2D eigenvalue weighted by Crippen LogP contribution is 2.44. The van der Waals surface area contributed by atoms with Crippen LogP contribution in [0.2, 0.25) is 0 Å². The summed E-state index contributed by atoms with van der Waals surface area (Å²) < 4.78 is 24.4. The lowest BCUT2D eigenvalue weighted by atomic mass is 9.78. The van der Waals surface area contributed by atoms with Crippen LogP contribution in [0.4, 0.5) is 0 Å². The van der Waals surface area contributed by atoms with E-state index in [0.717, 1.165) is 66.8 Å². The van der Waals surface area contributed by atoms with Gasteiger partial charge in [-0.2, -0.15) is 0 Å². The van der Waals surface area contributed by atoms with Crippen molar-refractivity contribution in [2.45, 2.75) is 261 Å². The van der Waals surface area contributed by atoms with Crippen molar-refractivity contribution in [1.29, 1.82) is 0 Å². The normalized spacial score (nSPS) is 13.0. The van der Waals surface area contributed by atoms with Gasteiger partial charge >= 0.3 is 23.9 Å². The van der Waals surface area contributed by atoms with Gasteiger partial charge in [-0.15, -0.1) is 0 Å². The van der Waals surface area contributed by atoms with Gasteiger partial charge in [0.05, 0.1) is 0 Å². The van der Waals surface area contributed by atoms with E-state index in [4.69, 9.17) is 18.9 Å². The summed E-state index contributed by atoms with van der Waals surface area (Å²) in [6.07, 6.45) is 0.854.